The van der Waals surface area contributed by atoms with E-state index in [1.165, 1.54) is 6.92 Å². The van der Waals surface area contributed by atoms with Gasteiger partial charge in [0.1, 0.15) is 0 Å². The fraction of sp³-hybridized carbons (Fsp3) is 0.350. The van der Waals surface area contributed by atoms with Crippen LogP contribution in [-0.4, -0.2) is 32.3 Å². The summed E-state index contributed by atoms with van der Waals surface area (Å²) in [5.74, 6) is -0.0857. The Bertz CT molecular complexity index is 892. The third-order valence-electron chi connectivity index (χ3n) is 4.21. The maximum atomic E-state index is 12.5. The zero-order valence-corrected chi connectivity index (χ0v) is 16.6. The van der Waals surface area contributed by atoms with Crippen LogP contribution in [0.3, 0.4) is 0 Å². The Morgan fingerprint density at radius 3 is 2.38 bits per heavy atom. The van der Waals surface area contributed by atoms with E-state index in [1.807, 2.05) is 44.2 Å². The molecule has 1 N–H and O–H groups in total. The largest absolute Gasteiger partial charge is 0.337 e. The van der Waals surface area contributed by atoms with Crippen LogP contribution in [0.25, 0.3) is 0 Å². The molecule has 0 aromatic heterocycles. The molecule has 0 radical (unpaired) electrons. The van der Waals surface area contributed by atoms with E-state index >= 15 is 0 Å². The van der Waals surface area contributed by atoms with Gasteiger partial charge in [-0.1, -0.05) is 42.0 Å². The van der Waals surface area contributed by atoms with Crippen molar-refractivity contribution in [2.24, 2.45) is 0 Å². The van der Waals surface area contributed by atoms with Crippen molar-refractivity contribution >= 4 is 15.9 Å². The van der Waals surface area contributed by atoms with Gasteiger partial charge in [-0.3, -0.25) is 4.79 Å². The normalized spacial score (nSPS) is 11.4. The molecule has 1 amide bonds. The van der Waals surface area contributed by atoms with Gasteiger partial charge in [0.15, 0.2) is 0 Å². The minimum Gasteiger partial charge on any atom is -0.337 e. The Balaban J connectivity index is 2.03. The summed E-state index contributed by atoms with van der Waals surface area (Å²) in [6, 6.07) is 13.3. The lowest BCUT2D eigenvalue weighted by Gasteiger charge is -2.22. The maximum absolute atomic E-state index is 12.5. The first-order valence-electron chi connectivity index (χ1n) is 8.57. The van der Waals surface area contributed by atoms with Crippen LogP contribution < -0.4 is 4.72 Å². The lowest BCUT2D eigenvalue weighted by molar-refractivity contribution is -0.129. The molecule has 2 aromatic carbocycles. The van der Waals surface area contributed by atoms with E-state index in [9.17, 15) is 13.2 Å². The van der Waals surface area contributed by atoms with Crippen molar-refractivity contribution in [3.05, 3.63) is 64.7 Å². The van der Waals surface area contributed by atoms with Crippen molar-refractivity contribution in [2.45, 2.75) is 39.1 Å². The Kier molecular flexibility index (Phi) is 6.56. The molecule has 2 aromatic rings. The summed E-state index contributed by atoms with van der Waals surface area (Å²) in [4.78, 5) is 13.8. The van der Waals surface area contributed by atoms with Crippen LogP contribution in [0.15, 0.2) is 47.4 Å². The molecule has 6 heteroatoms. The highest BCUT2D eigenvalue weighted by Gasteiger charge is 2.17. The third kappa shape index (κ3) is 5.41. The topological polar surface area (TPSA) is 66.5 Å². The van der Waals surface area contributed by atoms with E-state index < -0.39 is 10.0 Å². The van der Waals surface area contributed by atoms with Gasteiger partial charge in [-0.05, 0) is 43.5 Å². The molecule has 0 spiro atoms. The summed E-state index contributed by atoms with van der Waals surface area (Å²) < 4.78 is 27.7. The predicted molar refractivity (Wildman–Crippen MR) is 103 cm³/mol. The van der Waals surface area contributed by atoms with E-state index in [2.05, 4.69) is 4.72 Å². The molecule has 26 heavy (non-hydrogen) atoms. The van der Waals surface area contributed by atoms with Gasteiger partial charge in [-0.15, -0.1) is 0 Å². The van der Waals surface area contributed by atoms with E-state index in [1.54, 1.807) is 24.0 Å². The first-order valence-corrected chi connectivity index (χ1v) is 10.1. The maximum Gasteiger partial charge on any atom is 0.240 e. The van der Waals surface area contributed by atoms with Crippen LogP contribution in [0.2, 0.25) is 0 Å². The van der Waals surface area contributed by atoms with Crippen molar-refractivity contribution in [1.29, 1.82) is 0 Å². The lowest BCUT2D eigenvalue weighted by Crippen LogP contribution is -2.37. The van der Waals surface area contributed by atoms with Crippen molar-refractivity contribution < 1.29 is 13.2 Å². The van der Waals surface area contributed by atoms with Gasteiger partial charge in [0.2, 0.25) is 15.9 Å². The van der Waals surface area contributed by atoms with Gasteiger partial charge in [0, 0.05) is 26.6 Å². The van der Waals surface area contributed by atoms with Crippen molar-refractivity contribution in [2.75, 3.05) is 13.1 Å². The van der Waals surface area contributed by atoms with Crippen LogP contribution in [0.1, 0.15) is 29.2 Å². The summed E-state index contributed by atoms with van der Waals surface area (Å²) in [5.41, 5.74) is 3.74. The third-order valence-corrected chi connectivity index (χ3v) is 5.81. The quantitative estimate of drug-likeness (QED) is 0.810. The molecule has 0 aliphatic heterocycles. The van der Waals surface area contributed by atoms with Crippen LogP contribution in [0, 0.1) is 20.8 Å². The molecule has 0 fully saturated rings. The molecule has 2 rings (SSSR count). The van der Waals surface area contributed by atoms with Gasteiger partial charge in [-0.2, -0.15) is 0 Å². The minimum absolute atomic E-state index is 0.0857. The number of sulfonamides is 1. The van der Waals surface area contributed by atoms with Crippen molar-refractivity contribution in [3.8, 4) is 0 Å². The standard InChI is InChI=1S/C20H26N2O3S/c1-15-6-5-7-19(12-15)14-22(18(4)23)11-10-21-26(24,25)20-13-16(2)8-9-17(20)3/h5-9,12-13,21H,10-11,14H2,1-4H3. The first kappa shape index (κ1) is 20.1. The van der Waals surface area contributed by atoms with Crippen LogP contribution in [0.5, 0.6) is 0 Å². The summed E-state index contributed by atoms with van der Waals surface area (Å²) in [7, 11) is -3.60. The number of carbonyl (C=O) groups is 1. The van der Waals surface area contributed by atoms with E-state index in [0.29, 0.717) is 18.7 Å². The Morgan fingerprint density at radius 2 is 1.73 bits per heavy atom. The number of nitrogens with one attached hydrogen (secondary N) is 1. The highest BCUT2D eigenvalue weighted by Crippen LogP contribution is 2.16. The first-order chi connectivity index (χ1) is 12.2. The number of rotatable bonds is 7. The molecule has 0 saturated carbocycles. The van der Waals surface area contributed by atoms with Gasteiger partial charge in [0.05, 0.1) is 4.90 Å². The fourth-order valence-corrected chi connectivity index (χ4v) is 4.12. The Hall–Kier alpha value is -2.18. The van der Waals surface area contributed by atoms with Crippen LogP contribution in [-0.2, 0) is 21.4 Å². The molecule has 5 nitrogen and oxygen atoms in total. The molecule has 0 aliphatic rings. The van der Waals surface area contributed by atoms with Crippen LogP contribution >= 0.6 is 0 Å². The smallest absolute Gasteiger partial charge is 0.240 e. The Labute approximate surface area is 156 Å². The summed E-state index contributed by atoms with van der Waals surface area (Å²) in [6.07, 6.45) is 0. The number of amides is 1. The minimum atomic E-state index is -3.60. The molecular formula is C20H26N2O3S. The van der Waals surface area contributed by atoms with Gasteiger partial charge in [-0.25, -0.2) is 13.1 Å². The van der Waals surface area contributed by atoms with Gasteiger partial charge >= 0.3 is 0 Å². The van der Waals surface area contributed by atoms with Gasteiger partial charge < -0.3 is 4.90 Å². The second kappa shape index (κ2) is 8.47. The van der Waals surface area contributed by atoms with Crippen molar-refractivity contribution in [3.63, 3.8) is 0 Å². The number of nitrogens with zero attached hydrogens (tertiary/aromatic N) is 1. The molecule has 0 unspecified atom stereocenters. The molecule has 0 heterocycles. The average molecular weight is 375 g/mol. The fourth-order valence-electron chi connectivity index (χ4n) is 2.77. The molecule has 0 aliphatic carbocycles. The van der Waals surface area contributed by atoms with Gasteiger partial charge in [0.25, 0.3) is 0 Å². The van der Waals surface area contributed by atoms with E-state index in [0.717, 1.165) is 16.7 Å². The van der Waals surface area contributed by atoms with Crippen LogP contribution in [0.4, 0.5) is 0 Å². The number of hydrogen-bond donors (Lipinski definition) is 1. The SMILES string of the molecule is CC(=O)N(CCNS(=O)(=O)c1cc(C)ccc1C)Cc1cccc(C)c1. The summed E-state index contributed by atoms with van der Waals surface area (Å²) in [6.45, 7) is 8.07. The lowest BCUT2D eigenvalue weighted by atomic mass is 10.1. The highest BCUT2D eigenvalue weighted by molar-refractivity contribution is 7.89. The van der Waals surface area contributed by atoms with E-state index in [4.69, 9.17) is 0 Å². The monoisotopic (exact) mass is 374 g/mol. The molecular weight excluding hydrogens is 348 g/mol. The molecule has 0 bridgehead atoms. The molecule has 0 saturated heterocycles. The average Bonchev–Trinajstić information content (AvgIpc) is 2.56. The second-order valence-electron chi connectivity index (χ2n) is 6.60. The van der Waals surface area contributed by atoms with E-state index in [-0.39, 0.29) is 17.3 Å². The molecule has 140 valence electrons. The number of aryl methyl sites for hydroxylation is 3. The number of benzene rings is 2. The zero-order valence-electron chi connectivity index (χ0n) is 15.7. The zero-order chi connectivity index (χ0) is 19.3. The second-order valence-corrected chi connectivity index (χ2v) is 8.33. The summed E-state index contributed by atoms with van der Waals surface area (Å²) >= 11 is 0. The van der Waals surface area contributed by atoms with Crippen molar-refractivity contribution in [1.82, 2.24) is 9.62 Å². The Morgan fingerprint density at radius 1 is 1.04 bits per heavy atom. The highest BCUT2D eigenvalue weighted by atomic mass is 32.2. The summed E-state index contributed by atoms with van der Waals surface area (Å²) in [5, 5.41) is 0. The predicted octanol–water partition coefficient (Wildman–Crippen LogP) is 2.94. The number of hydrogen-bond acceptors (Lipinski definition) is 3. The molecule has 0 atom stereocenters. The number of carbonyl (C=O) groups excluding carboxylic acids is 1.